The first-order valence-corrected chi connectivity index (χ1v) is 9.30. The van der Waals surface area contributed by atoms with Gasteiger partial charge in [0.25, 0.3) is 5.91 Å². The molecule has 1 amide bonds. The van der Waals surface area contributed by atoms with Crippen molar-refractivity contribution < 1.29 is 4.79 Å². The zero-order valence-electron chi connectivity index (χ0n) is 13.0. The van der Waals surface area contributed by atoms with E-state index in [1.165, 1.54) is 0 Å². The molecule has 0 saturated carbocycles. The molecule has 0 aliphatic carbocycles. The number of aliphatic imine (C=N–C) groups is 1. The largest absolute Gasteiger partial charge is 0.322 e. The summed E-state index contributed by atoms with van der Waals surface area (Å²) >= 11 is 13.5. The smallest absolute Gasteiger partial charge is 0.255 e. The fraction of sp³-hybridized carbons (Fsp3) is 0.111. The number of fused-ring (bicyclic) bond motifs is 1. The summed E-state index contributed by atoms with van der Waals surface area (Å²) in [5.41, 5.74) is 3.39. The summed E-state index contributed by atoms with van der Waals surface area (Å²) in [6, 6.07) is 12.5. The zero-order chi connectivity index (χ0) is 17.4. The normalized spacial score (nSPS) is 15.7. The molecule has 0 spiro atoms. The van der Waals surface area contributed by atoms with Crippen molar-refractivity contribution in [3.63, 3.8) is 0 Å². The van der Waals surface area contributed by atoms with Gasteiger partial charge in [0.2, 0.25) is 0 Å². The quantitative estimate of drug-likeness (QED) is 0.806. The van der Waals surface area contributed by atoms with Crippen molar-refractivity contribution in [2.24, 2.45) is 4.99 Å². The highest BCUT2D eigenvalue weighted by atomic mass is 35.5. The number of hydrogen-bond donors (Lipinski definition) is 1. The third kappa shape index (κ3) is 3.40. The Bertz CT molecular complexity index is 889. The highest BCUT2D eigenvalue weighted by Crippen LogP contribution is 2.35. The Labute approximate surface area is 159 Å². The molecule has 0 atom stereocenters. The van der Waals surface area contributed by atoms with Crippen LogP contribution in [0.15, 0.2) is 52.9 Å². The summed E-state index contributed by atoms with van der Waals surface area (Å²) in [4.78, 5) is 19.0. The van der Waals surface area contributed by atoms with E-state index in [4.69, 9.17) is 23.2 Å². The van der Waals surface area contributed by atoms with Gasteiger partial charge in [-0.3, -0.25) is 9.79 Å². The number of nitrogens with one attached hydrogen (secondary N) is 1. The standard InChI is InChI=1S/C18H13Cl2N3OS/c19-13-7-12(8-14(20)9-13)17(24)22-15-3-1-11(2-4-15)16-10-25-18-21-5-6-23(16)18/h1-4,7-10H,5-6H2,(H,22,24). The van der Waals surface area contributed by atoms with E-state index in [1.807, 2.05) is 24.3 Å². The third-order valence-electron chi connectivity index (χ3n) is 3.93. The molecular weight excluding hydrogens is 377 g/mol. The van der Waals surface area contributed by atoms with E-state index in [1.54, 1.807) is 30.0 Å². The number of nitrogens with zero attached hydrogens (tertiary/aromatic N) is 2. The first-order chi connectivity index (χ1) is 12.1. The Kier molecular flexibility index (Phi) is 4.46. The Balaban J connectivity index is 1.49. The number of carbonyl (C=O) groups is 1. The van der Waals surface area contributed by atoms with E-state index in [0.29, 0.717) is 21.3 Å². The monoisotopic (exact) mass is 389 g/mol. The molecule has 25 heavy (non-hydrogen) atoms. The molecule has 0 saturated heterocycles. The van der Waals surface area contributed by atoms with Crippen LogP contribution in [0.3, 0.4) is 0 Å². The van der Waals surface area contributed by atoms with Gasteiger partial charge in [0.05, 0.1) is 12.2 Å². The maximum absolute atomic E-state index is 12.3. The molecule has 0 fully saturated rings. The molecule has 2 aliphatic heterocycles. The molecule has 2 aromatic carbocycles. The average molecular weight is 390 g/mol. The van der Waals surface area contributed by atoms with E-state index < -0.39 is 0 Å². The van der Waals surface area contributed by atoms with Gasteiger partial charge < -0.3 is 10.2 Å². The van der Waals surface area contributed by atoms with Crippen LogP contribution in [0.1, 0.15) is 15.9 Å². The van der Waals surface area contributed by atoms with Gasteiger partial charge in [-0.15, -0.1) is 0 Å². The summed E-state index contributed by atoms with van der Waals surface area (Å²) in [7, 11) is 0. The van der Waals surface area contributed by atoms with Gasteiger partial charge in [0.15, 0.2) is 5.17 Å². The lowest BCUT2D eigenvalue weighted by Gasteiger charge is -2.17. The van der Waals surface area contributed by atoms with Crippen LogP contribution in [0.4, 0.5) is 5.69 Å². The molecular formula is C18H13Cl2N3OS. The van der Waals surface area contributed by atoms with Crippen LogP contribution in [0.2, 0.25) is 10.0 Å². The number of halogens is 2. The topological polar surface area (TPSA) is 44.7 Å². The van der Waals surface area contributed by atoms with Crippen LogP contribution in [0.5, 0.6) is 0 Å². The molecule has 7 heteroatoms. The van der Waals surface area contributed by atoms with E-state index in [9.17, 15) is 4.79 Å². The van der Waals surface area contributed by atoms with E-state index in [-0.39, 0.29) is 5.91 Å². The Hall–Kier alpha value is -1.95. The molecule has 126 valence electrons. The van der Waals surface area contributed by atoms with Gasteiger partial charge in [0.1, 0.15) is 0 Å². The van der Waals surface area contributed by atoms with Crippen molar-refractivity contribution in [3.8, 4) is 0 Å². The third-order valence-corrected chi connectivity index (χ3v) is 5.27. The first kappa shape index (κ1) is 16.5. The molecule has 0 unspecified atom stereocenters. The van der Waals surface area contributed by atoms with Crippen molar-refractivity contribution in [3.05, 3.63) is 69.0 Å². The summed E-state index contributed by atoms with van der Waals surface area (Å²) in [5.74, 6) is -0.248. The highest BCUT2D eigenvalue weighted by Gasteiger charge is 2.26. The second-order valence-electron chi connectivity index (χ2n) is 5.63. The van der Waals surface area contributed by atoms with Crippen LogP contribution in [0.25, 0.3) is 5.70 Å². The van der Waals surface area contributed by atoms with Crippen molar-refractivity contribution in [1.82, 2.24) is 4.90 Å². The number of thioether (sulfide) groups is 1. The molecule has 4 rings (SSSR count). The fourth-order valence-electron chi connectivity index (χ4n) is 2.76. The van der Waals surface area contributed by atoms with Crippen LogP contribution in [-0.2, 0) is 0 Å². The maximum Gasteiger partial charge on any atom is 0.255 e. The number of rotatable bonds is 3. The van der Waals surface area contributed by atoms with Crippen molar-refractivity contribution >= 4 is 57.4 Å². The second kappa shape index (κ2) is 6.75. The van der Waals surface area contributed by atoms with Crippen LogP contribution >= 0.6 is 35.0 Å². The first-order valence-electron chi connectivity index (χ1n) is 7.67. The number of anilines is 1. The number of amidine groups is 1. The fourth-order valence-corrected chi connectivity index (χ4v) is 4.25. The molecule has 1 N–H and O–H groups in total. The SMILES string of the molecule is O=C(Nc1ccc(C2=CSC3=NCCN23)cc1)c1cc(Cl)cc(Cl)c1. The van der Waals surface area contributed by atoms with Crippen LogP contribution < -0.4 is 5.32 Å². The lowest BCUT2D eigenvalue weighted by molar-refractivity contribution is 0.102. The molecule has 0 radical (unpaired) electrons. The van der Waals surface area contributed by atoms with Crippen LogP contribution in [-0.4, -0.2) is 29.1 Å². The van der Waals surface area contributed by atoms with E-state index in [2.05, 4.69) is 20.6 Å². The second-order valence-corrected chi connectivity index (χ2v) is 7.34. The van der Waals surface area contributed by atoms with E-state index in [0.717, 1.165) is 29.5 Å². The van der Waals surface area contributed by atoms with Crippen molar-refractivity contribution in [2.75, 3.05) is 18.4 Å². The predicted octanol–water partition coefficient (Wildman–Crippen LogP) is 4.96. The minimum absolute atomic E-state index is 0.248. The summed E-state index contributed by atoms with van der Waals surface area (Å²) in [6.07, 6.45) is 0. The minimum Gasteiger partial charge on any atom is -0.322 e. The number of amides is 1. The van der Waals surface area contributed by atoms with Crippen molar-refractivity contribution in [1.29, 1.82) is 0 Å². The minimum atomic E-state index is -0.248. The summed E-state index contributed by atoms with van der Waals surface area (Å²) < 4.78 is 0. The summed E-state index contributed by atoms with van der Waals surface area (Å²) in [6.45, 7) is 1.76. The van der Waals surface area contributed by atoms with Crippen LogP contribution in [0, 0.1) is 0 Å². The molecule has 0 aromatic heterocycles. The highest BCUT2D eigenvalue weighted by molar-refractivity contribution is 8.16. The number of hydrogen-bond acceptors (Lipinski definition) is 4. The van der Waals surface area contributed by atoms with Gasteiger partial charge in [-0.25, -0.2) is 0 Å². The molecule has 4 nitrogen and oxygen atoms in total. The Morgan fingerprint density at radius 1 is 1.12 bits per heavy atom. The summed E-state index contributed by atoms with van der Waals surface area (Å²) in [5, 5.41) is 6.89. The van der Waals surface area contributed by atoms with Crippen molar-refractivity contribution in [2.45, 2.75) is 0 Å². The van der Waals surface area contributed by atoms with Gasteiger partial charge in [-0.1, -0.05) is 47.1 Å². The number of benzene rings is 2. The zero-order valence-corrected chi connectivity index (χ0v) is 15.3. The molecule has 0 bridgehead atoms. The molecule has 2 aliphatic rings. The molecule has 2 aromatic rings. The lowest BCUT2D eigenvalue weighted by atomic mass is 10.1. The maximum atomic E-state index is 12.3. The predicted molar refractivity (Wildman–Crippen MR) is 105 cm³/mol. The lowest BCUT2D eigenvalue weighted by Crippen LogP contribution is -2.19. The van der Waals surface area contributed by atoms with Gasteiger partial charge in [-0.2, -0.15) is 0 Å². The van der Waals surface area contributed by atoms with Gasteiger partial charge in [0, 0.05) is 33.2 Å². The van der Waals surface area contributed by atoms with Gasteiger partial charge >= 0.3 is 0 Å². The number of carbonyl (C=O) groups excluding carboxylic acids is 1. The van der Waals surface area contributed by atoms with E-state index >= 15 is 0 Å². The Morgan fingerprint density at radius 2 is 1.84 bits per heavy atom. The average Bonchev–Trinajstić information content (AvgIpc) is 3.18. The van der Waals surface area contributed by atoms with Gasteiger partial charge in [-0.05, 0) is 35.9 Å². The molecule has 2 heterocycles. The Morgan fingerprint density at radius 3 is 2.56 bits per heavy atom.